The molecule has 0 atom stereocenters. The smallest absolute Gasteiger partial charge is 0.0681 e. The minimum absolute atomic E-state index is 0.128. The zero-order valence-electron chi connectivity index (χ0n) is 11.1. The average Bonchev–Trinajstić information content (AvgIpc) is 2.45. The van der Waals surface area contributed by atoms with Crippen molar-refractivity contribution < 1.29 is 5.11 Å². The van der Waals surface area contributed by atoms with Crippen LogP contribution in [0.4, 0.5) is 0 Å². The molecule has 1 aliphatic heterocycles. The molecule has 3 nitrogen and oxygen atoms in total. The van der Waals surface area contributed by atoms with Gasteiger partial charge in [0.05, 0.1) is 6.61 Å². The molecule has 0 saturated carbocycles. The number of benzene rings is 1. The van der Waals surface area contributed by atoms with E-state index in [1.165, 1.54) is 37.9 Å². The van der Waals surface area contributed by atoms with Crippen LogP contribution < -0.4 is 5.32 Å². The third-order valence-corrected chi connectivity index (χ3v) is 3.59. The standard InChI is InChI=1S/C15H24N2O/c18-13-15-6-4-14(5-7-15)12-16-8-11-17-9-2-1-3-10-17/h4-7,16,18H,1-3,8-13H2. The topological polar surface area (TPSA) is 35.5 Å². The molecule has 1 aliphatic rings. The number of likely N-dealkylation sites (tertiary alicyclic amines) is 1. The maximum atomic E-state index is 8.97. The summed E-state index contributed by atoms with van der Waals surface area (Å²) in [4.78, 5) is 2.55. The number of hydrogen-bond acceptors (Lipinski definition) is 3. The highest BCUT2D eigenvalue weighted by Gasteiger charge is 2.08. The predicted octanol–water partition coefficient (Wildman–Crippen LogP) is 1.75. The van der Waals surface area contributed by atoms with Crippen molar-refractivity contribution in [3.8, 4) is 0 Å². The van der Waals surface area contributed by atoms with Crippen molar-refractivity contribution >= 4 is 0 Å². The van der Waals surface area contributed by atoms with Crippen molar-refractivity contribution in [2.45, 2.75) is 32.4 Å². The summed E-state index contributed by atoms with van der Waals surface area (Å²) in [5, 5.41) is 12.4. The molecule has 2 N–H and O–H groups in total. The van der Waals surface area contributed by atoms with E-state index < -0.39 is 0 Å². The second-order valence-electron chi connectivity index (χ2n) is 5.05. The molecule has 0 amide bonds. The van der Waals surface area contributed by atoms with Crippen molar-refractivity contribution in [3.05, 3.63) is 35.4 Å². The number of aliphatic hydroxyl groups excluding tert-OH is 1. The van der Waals surface area contributed by atoms with Crippen LogP contribution >= 0.6 is 0 Å². The summed E-state index contributed by atoms with van der Waals surface area (Å²) in [6, 6.07) is 8.14. The van der Waals surface area contributed by atoms with Gasteiger partial charge in [0.25, 0.3) is 0 Å². The van der Waals surface area contributed by atoms with E-state index in [1.807, 2.05) is 12.1 Å². The second-order valence-corrected chi connectivity index (χ2v) is 5.05. The van der Waals surface area contributed by atoms with E-state index in [2.05, 4.69) is 22.3 Å². The van der Waals surface area contributed by atoms with E-state index in [-0.39, 0.29) is 6.61 Å². The second kappa shape index (κ2) is 7.52. The lowest BCUT2D eigenvalue weighted by molar-refractivity contribution is 0.229. The van der Waals surface area contributed by atoms with Gasteiger partial charge in [0.15, 0.2) is 0 Å². The van der Waals surface area contributed by atoms with Crippen LogP contribution in [0.3, 0.4) is 0 Å². The number of nitrogens with zero attached hydrogens (tertiary/aromatic N) is 1. The normalized spacial score (nSPS) is 16.9. The Morgan fingerprint density at radius 2 is 1.67 bits per heavy atom. The van der Waals surface area contributed by atoms with Gasteiger partial charge in [-0.25, -0.2) is 0 Å². The molecule has 0 unspecified atom stereocenters. The Morgan fingerprint density at radius 1 is 1.00 bits per heavy atom. The summed E-state index contributed by atoms with van der Waals surface area (Å²) in [5.74, 6) is 0. The summed E-state index contributed by atoms with van der Waals surface area (Å²) in [5.41, 5.74) is 2.26. The Kier molecular flexibility index (Phi) is 5.65. The molecule has 3 heteroatoms. The highest BCUT2D eigenvalue weighted by molar-refractivity contribution is 5.21. The van der Waals surface area contributed by atoms with E-state index in [4.69, 9.17) is 5.11 Å². The first-order valence-electron chi connectivity index (χ1n) is 7.00. The van der Waals surface area contributed by atoms with E-state index in [0.29, 0.717) is 0 Å². The Bertz CT molecular complexity index is 331. The van der Waals surface area contributed by atoms with Crippen molar-refractivity contribution in [1.29, 1.82) is 0 Å². The lowest BCUT2D eigenvalue weighted by Crippen LogP contribution is -2.35. The van der Waals surface area contributed by atoms with Crippen molar-refractivity contribution in [1.82, 2.24) is 10.2 Å². The van der Waals surface area contributed by atoms with Gasteiger partial charge in [-0.1, -0.05) is 30.7 Å². The molecule has 0 aromatic heterocycles. The highest BCUT2D eigenvalue weighted by atomic mass is 16.3. The van der Waals surface area contributed by atoms with Crippen LogP contribution in [0.15, 0.2) is 24.3 Å². The molecular weight excluding hydrogens is 224 g/mol. The Labute approximate surface area is 110 Å². The van der Waals surface area contributed by atoms with Crippen molar-refractivity contribution in [2.24, 2.45) is 0 Å². The van der Waals surface area contributed by atoms with Gasteiger partial charge in [0.2, 0.25) is 0 Å². The third-order valence-electron chi connectivity index (χ3n) is 3.59. The molecule has 1 saturated heterocycles. The van der Waals surface area contributed by atoms with Crippen LogP contribution in [0.5, 0.6) is 0 Å². The fraction of sp³-hybridized carbons (Fsp3) is 0.600. The van der Waals surface area contributed by atoms with Crippen LogP contribution in [0, 0.1) is 0 Å². The molecular formula is C15H24N2O. The summed E-state index contributed by atoms with van der Waals surface area (Å²) in [7, 11) is 0. The summed E-state index contributed by atoms with van der Waals surface area (Å²) in [6.45, 7) is 5.80. The van der Waals surface area contributed by atoms with Crippen LogP contribution in [0.1, 0.15) is 30.4 Å². The molecule has 1 aromatic rings. The van der Waals surface area contributed by atoms with Crippen LogP contribution in [0.25, 0.3) is 0 Å². The summed E-state index contributed by atoms with van der Waals surface area (Å²) in [6.07, 6.45) is 4.13. The van der Waals surface area contributed by atoms with E-state index >= 15 is 0 Å². The largest absolute Gasteiger partial charge is 0.392 e. The molecule has 0 spiro atoms. The molecule has 18 heavy (non-hydrogen) atoms. The Hall–Kier alpha value is -0.900. The van der Waals surface area contributed by atoms with Crippen LogP contribution in [-0.2, 0) is 13.2 Å². The monoisotopic (exact) mass is 248 g/mol. The van der Waals surface area contributed by atoms with E-state index in [0.717, 1.165) is 25.2 Å². The molecule has 0 aliphatic carbocycles. The fourth-order valence-electron chi connectivity index (χ4n) is 2.42. The maximum absolute atomic E-state index is 8.97. The maximum Gasteiger partial charge on any atom is 0.0681 e. The van der Waals surface area contributed by atoms with Gasteiger partial charge in [0, 0.05) is 19.6 Å². The lowest BCUT2D eigenvalue weighted by Gasteiger charge is -2.26. The van der Waals surface area contributed by atoms with Gasteiger partial charge in [-0.15, -0.1) is 0 Å². The third kappa shape index (κ3) is 4.41. The van der Waals surface area contributed by atoms with Gasteiger partial charge >= 0.3 is 0 Å². The fourth-order valence-corrected chi connectivity index (χ4v) is 2.42. The SMILES string of the molecule is OCc1ccc(CNCCN2CCCCC2)cc1. The number of hydrogen-bond donors (Lipinski definition) is 2. The zero-order chi connectivity index (χ0) is 12.6. The van der Waals surface area contributed by atoms with Crippen molar-refractivity contribution in [3.63, 3.8) is 0 Å². The quantitative estimate of drug-likeness (QED) is 0.753. The van der Waals surface area contributed by atoms with Gasteiger partial charge in [-0.3, -0.25) is 0 Å². The number of aliphatic hydroxyl groups is 1. The molecule has 1 aromatic carbocycles. The summed E-state index contributed by atoms with van der Waals surface area (Å²) < 4.78 is 0. The average molecular weight is 248 g/mol. The predicted molar refractivity (Wildman–Crippen MR) is 74.4 cm³/mol. The van der Waals surface area contributed by atoms with Gasteiger partial charge in [0.1, 0.15) is 0 Å². The van der Waals surface area contributed by atoms with Crippen LogP contribution in [-0.4, -0.2) is 36.2 Å². The van der Waals surface area contributed by atoms with Crippen LogP contribution in [0.2, 0.25) is 0 Å². The minimum atomic E-state index is 0.128. The van der Waals surface area contributed by atoms with Gasteiger partial charge in [-0.2, -0.15) is 0 Å². The molecule has 100 valence electrons. The van der Waals surface area contributed by atoms with Gasteiger partial charge in [-0.05, 0) is 37.1 Å². The van der Waals surface area contributed by atoms with Gasteiger partial charge < -0.3 is 15.3 Å². The molecule has 2 rings (SSSR count). The lowest BCUT2D eigenvalue weighted by atomic mass is 10.1. The highest BCUT2D eigenvalue weighted by Crippen LogP contribution is 2.07. The van der Waals surface area contributed by atoms with E-state index in [9.17, 15) is 0 Å². The first-order valence-corrected chi connectivity index (χ1v) is 7.00. The molecule has 1 heterocycles. The molecule has 1 fully saturated rings. The minimum Gasteiger partial charge on any atom is -0.392 e. The van der Waals surface area contributed by atoms with Crippen molar-refractivity contribution in [2.75, 3.05) is 26.2 Å². The zero-order valence-corrected chi connectivity index (χ0v) is 11.1. The summed E-state index contributed by atoms with van der Waals surface area (Å²) >= 11 is 0. The Morgan fingerprint density at radius 3 is 2.33 bits per heavy atom. The number of rotatable bonds is 6. The Balaban J connectivity index is 1.62. The first kappa shape index (κ1) is 13.5. The first-order chi connectivity index (χ1) is 8.88. The molecule has 0 bridgehead atoms. The van der Waals surface area contributed by atoms with E-state index in [1.54, 1.807) is 0 Å². The number of nitrogens with one attached hydrogen (secondary N) is 1. The number of piperidine rings is 1. The molecule has 0 radical (unpaired) electrons.